The Kier molecular flexibility index (Phi) is 7.45. The third-order valence-electron chi connectivity index (χ3n) is 3.87. The predicted octanol–water partition coefficient (Wildman–Crippen LogP) is 1.40. The average molecular weight is 342 g/mol. The summed E-state index contributed by atoms with van der Waals surface area (Å²) >= 11 is 0. The molecule has 0 aliphatic carbocycles. The van der Waals surface area contributed by atoms with Gasteiger partial charge in [0.2, 0.25) is 0 Å². The molecule has 1 aliphatic heterocycles. The minimum absolute atomic E-state index is 0.277. The Labute approximate surface area is 139 Å². The molecule has 1 saturated heterocycles. The number of ether oxygens (including phenoxy) is 2. The second kappa shape index (κ2) is 9.34. The molecule has 1 aliphatic rings. The number of hydrogen-bond donors (Lipinski definition) is 1. The number of rotatable bonds is 9. The molecule has 0 bridgehead atoms. The normalized spacial score (nSPS) is 19.8. The maximum Gasteiger partial charge on any atom is 0.279 e. The van der Waals surface area contributed by atoms with Crippen LogP contribution >= 0.6 is 0 Å². The van der Waals surface area contributed by atoms with Crippen molar-refractivity contribution in [2.45, 2.75) is 19.4 Å². The van der Waals surface area contributed by atoms with Gasteiger partial charge in [0.1, 0.15) is 0 Å². The average Bonchev–Trinajstić information content (AvgIpc) is 2.56. The Morgan fingerprint density at radius 1 is 1.30 bits per heavy atom. The summed E-state index contributed by atoms with van der Waals surface area (Å²) < 4.78 is 39.3. The number of nitrogens with zero attached hydrogens (tertiary/aromatic N) is 1. The molecule has 1 heterocycles. The van der Waals surface area contributed by atoms with Gasteiger partial charge in [0, 0.05) is 26.7 Å². The van der Waals surface area contributed by atoms with E-state index in [0.717, 1.165) is 18.4 Å². The first-order valence-corrected chi connectivity index (χ1v) is 9.41. The number of benzene rings is 1. The Morgan fingerprint density at radius 3 is 2.83 bits per heavy atom. The Balaban J connectivity index is 1.69. The molecular weight excluding hydrogens is 316 g/mol. The summed E-state index contributed by atoms with van der Waals surface area (Å²) in [6.07, 6.45) is 1.89. The molecule has 130 valence electrons. The molecule has 7 heteroatoms. The molecule has 1 atom stereocenters. The van der Waals surface area contributed by atoms with Crippen LogP contribution in [0.1, 0.15) is 18.4 Å². The van der Waals surface area contributed by atoms with Crippen LogP contribution in [0.4, 0.5) is 0 Å². The zero-order valence-electron chi connectivity index (χ0n) is 13.6. The van der Waals surface area contributed by atoms with Crippen LogP contribution in [0.3, 0.4) is 0 Å². The molecule has 0 radical (unpaired) electrons. The van der Waals surface area contributed by atoms with E-state index in [1.165, 1.54) is 4.31 Å². The lowest BCUT2D eigenvalue weighted by Gasteiger charge is -2.31. The summed E-state index contributed by atoms with van der Waals surface area (Å²) in [7, 11) is -1.78. The summed E-state index contributed by atoms with van der Waals surface area (Å²) in [6.45, 7) is 2.81. The van der Waals surface area contributed by atoms with Gasteiger partial charge in [-0.05, 0) is 24.3 Å². The highest BCUT2D eigenvalue weighted by molar-refractivity contribution is 7.87. The lowest BCUT2D eigenvalue weighted by atomic mass is 10.0. The first kappa shape index (κ1) is 18.4. The van der Waals surface area contributed by atoms with E-state index in [1.807, 2.05) is 30.3 Å². The Bertz CT molecular complexity index is 548. The Hall–Kier alpha value is -0.990. The largest absolute Gasteiger partial charge is 0.384 e. The van der Waals surface area contributed by atoms with Gasteiger partial charge in [-0.15, -0.1) is 0 Å². The van der Waals surface area contributed by atoms with Crippen molar-refractivity contribution in [2.24, 2.45) is 5.92 Å². The zero-order chi connectivity index (χ0) is 16.5. The number of nitrogens with one attached hydrogen (secondary N) is 1. The molecule has 1 aromatic carbocycles. The van der Waals surface area contributed by atoms with E-state index in [-0.39, 0.29) is 12.5 Å². The third-order valence-corrected chi connectivity index (χ3v) is 5.45. The van der Waals surface area contributed by atoms with Crippen molar-refractivity contribution in [2.75, 3.05) is 40.0 Å². The molecule has 0 aromatic heterocycles. The van der Waals surface area contributed by atoms with Crippen molar-refractivity contribution in [1.29, 1.82) is 0 Å². The van der Waals surface area contributed by atoms with Gasteiger partial charge >= 0.3 is 0 Å². The molecular formula is C16H26N2O4S. The molecule has 6 nitrogen and oxygen atoms in total. The van der Waals surface area contributed by atoms with E-state index in [4.69, 9.17) is 9.47 Å². The van der Waals surface area contributed by atoms with Gasteiger partial charge in [0.25, 0.3) is 10.2 Å². The van der Waals surface area contributed by atoms with Crippen LogP contribution in [0, 0.1) is 5.92 Å². The third kappa shape index (κ3) is 6.19. The van der Waals surface area contributed by atoms with E-state index >= 15 is 0 Å². The van der Waals surface area contributed by atoms with Crippen molar-refractivity contribution >= 4 is 10.2 Å². The van der Waals surface area contributed by atoms with E-state index in [0.29, 0.717) is 32.9 Å². The second-order valence-corrected chi connectivity index (χ2v) is 7.51. The number of hydrogen-bond acceptors (Lipinski definition) is 4. The SMILES string of the molecule is COCC1CCCN(S(=O)(=O)NCCOCc2ccccc2)C1. The smallest absolute Gasteiger partial charge is 0.279 e. The molecule has 0 spiro atoms. The molecule has 1 N–H and O–H groups in total. The molecule has 1 aromatic rings. The number of methoxy groups -OCH3 is 1. The zero-order valence-corrected chi connectivity index (χ0v) is 14.4. The molecule has 2 rings (SSSR count). The molecule has 0 saturated carbocycles. The van der Waals surface area contributed by atoms with Crippen molar-refractivity contribution in [3.05, 3.63) is 35.9 Å². The lowest BCUT2D eigenvalue weighted by molar-refractivity contribution is 0.116. The van der Waals surface area contributed by atoms with Crippen molar-refractivity contribution in [3.8, 4) is 0 Å². The summed E-state index contributed by atoms with van der Waals surface area (Å²) in [5.74, 6) is 0.277. The van der Waals surface area contributed by atoms with Gasteiger partial charge < -0.3 is 9.47 Å². The fourth-order valence-corrected chi connectivity index (χ4v) is 4.02. The molecule has 1 unspecified atom stereocenters. The standard InChI is InChI=1S/C16H26N2O4S/c1-21-13-16-8-5-10-18(12-16)23(19,20)17-9-11-22-14-15-6-3-2-4-7-15/h2-4,6-7,16-17H,5,8-14H2,1H3. The van der Waals surface area contributed by atoms with Crippen LogP contribution in [0.2, 0.25) is 0 Å². The fourth-order valence-electron chi connectivity index (χ4n) is 2.72. The maximum absolute atomic E-state index is 12.3. The van der Waals surface area contributed by atoms with E-state index < -0.39 is 10.2 Å². The van der Waals surface area contributed by atoms with Gasteiger partial charge in [-0.1, -0.05) is 30.3 Å². The minimum Gasteiger partial charge on any atom is -0.384 e. The highest BCUT2D eigenvalue weighted by Gasteiger charge is 2.28. The Morgan fingerprint density at radius 2 is 2.09 bits per heavy atom. The van der Waals surface area contributed by atoms with Crippen molar-refractivity contribution < 1.29 is 17.9 Å². The van der Waals surface area contributed by atoms with E-state index in [1.54, 1.807) is 7.11 Å². The van der Waals surface area contributed by atoms with E-state index in [2.05, 4.69) is 4.72 Å². The summed E-state index contributed by atoms with van der Waals surface area (Å²) in [5.41, 5.74) is 1.08. The van der Waals surface area contributed by atoms with Crippen LogP contribution in [0.25, 0.3) is 0 Å². The van der Waals surface area contributed by atoms with Crippen molar-refractivity contribution in [1.82, 2.24) is 9.03 Å². The summed E-state index contributed by atoms with van der Waals surface area (Å²) in [5, 5.41) is 0. The molecule has 1 fully saturated rings. The molecule has 23 heavy (non-hydrogen) atoms. The van der Waals surface area contributed by atoms with E-state index in [9.17, 15) is 8.42 Å². The van der Waals surface area contributed by atoms with Gasteiger partial charge in [-0.2, -0.15) is 17.4 Å². The highest BCUT2D eigenvalue weighted by atomic mass is 32.2. The second-order valence-electron chi connectivity index (χ2n) is 5.76. The van der Waals surface area contributed by atoms with Gasteiger partial charge in [0.15, 0.2) is 0 Å². The highest BCUT2D eigenvalue weighted by Crippen LogP contribution is 2.18. The minimum atomic E-state index is -3.43. The van der Waals surface area contributed by atoms with Crippen LogP contribution in [0.15, 0.2) is 30.3 Å². The van der Waals surface area contributed by atoms with Gasteiger partial charge in [-0.3, -0.25) is 0 Å². The monoisotopic (exact) mass is 342 g/mol. The van der Waals surface area contributed by atoms with Gasteiger partial charge in [-0.25, -0.2) is 0 Å². The lowest BCUT2D eigenvalue weighted by Crippen LogP contribution is -2.47. The van der Waals surface area contributed by atoms with Crippen molar-refractivity contribution in [3.63, 3.8) is 0 Å². The first-order chi connectivity index (χ1) is 11.1. The van der Waals surface area contributed by atoms with Crippen LogP contribution in [-0.2, 0) is 26.3 Å². The molecule has 0 amide bonds. The predicted molar refractivity (Wildman–Crippen MR) is 89.2 cm³/mol. The summed E-state index contributed by atoms with van der Waals surface area (Å²) in [4.78, 5) is 0. The van der Waals surface area contributed by atoms with Gasteiger partial charge in [0.05, 0.1) is 19.8 Å². The number of piperidine rings is 1. The topological polar surface area (TPSA) is 67.9 Å². The van der Waals surface area contributed by atoms with Crippen LogP contribution in [-0.4, -0.2) is 52.7 Å². The fraction of sp³-hybridized carbons (Fsp3) is 0.625. The quantitative estimate of drug-likeness (QED) is 0.689. The first-order valence-electron chi connectivity index (χ1n) is 7.97. The summed E-state index contributed by atoms with van der Waals surface area (Å²) in [6, 6.07) is 9.82. The van der Waals surface area contributed by atoms with Crippen LogP contribution < -0.4 is 4.72 Å². The van der Waals surface area contributed by atoms with Crippen LogP contribution in [0.5, 0.6) is 0 Å². The maximum atomic E-state index is 12.3.